The minimum atomic E-state index is -5.75. The topological polar surface area (TPSA) is 262 Å². The van der Waals surface area contributed by atoms with Crippen molar-refractivity contribution < 1.29 is 56.3 Å². The molecule has 184 valence electrons. The maximum Gasteiger partial charge on any atom is 0.536 e. The molecule has 32 heavy (non-hydrogen) atoms. The van der Waals surface area contributed by atoms with Gasteiger partial charge in [-0.1, -0.05) is 0 Å². The van der Waals surface area contributed by atoms with Gasteiger partial charge in [0.15, 0.2) is 11.6 Å². The number of nitrogens with one attached hydrogen (secondary N) is 1. The van der Waals surface area contributed by atoms with Crippen molar-refractivity contribution in [2.45, 2.75) is 31.6 Å². The second-order valence-electron chi connectivity index (χ2n) is 6.37. The second kappa shape index (κ2) is 10.8. The van der Waals surface area contributed by atoms with Crippen molar-refractivity contribution in [3.05, 3.63) is 16.7 Å². The second-order valence-corrected chi connectivity index (χ2v) is 10.7. The Morgan fingerprint density at radius 1 is 1.19 bits per heavy atom. The van der Waals surface area contributed by atoms with E-state index in [4.69, 9.17) is 24.8 Å². The molecule has 2 rings (SSSR count). The molecule has 1 aromatic heterocycles. The van der Waals surface area contributed by atoms with E-state index < -0.39 is 47.2 Å². The molecule has 20 heteroatoms. The first kappa shape index (κ1) is 27.1. The van der Waals surface area contributed by atoms with Crippen LogP contribution in [0.25, 0.3) is 0 Å². The first-order valence-corrected chi connectivity index (χ1v) is 13.4. The zero-order valence-corrected chi connectivity index (χ0v) is 19.0. The fraction of sp³-hybridized carbons (Fsp3) is 0.667. The summed E-state index contributed by atoms with van der Waals surface area (Å²) in [6, 6.07) is 0. The number of aromatic nitrogens is 2. The summed E-state index contributed by atoms with van der Waals surface area (Å²) in [7, 11) is -16.9. The molecule has 1 aliphatic heterocycles. The fourth-order valence-corrected chi connectivity index (χ4v) is 5.63. The molecular formula is C12H23N4O13P3. The summed E-state index contributed by atoms with van der Waals surface area (Å²) in [5, 5.41) is 11.8. The lowest BCUT2D eigenvalue weighted by Crippen LogP contribution is -2.28. The van der Waals surface area contributed by atoms with Crippen molar-refractivity contribution in [3.63, 3.8) is 0 Å². The van der Waals surface area contributed by atoms with Crippen molar-refractivity contribution in [2.24, 2.45) is 5.73 Å². The van der Waals surface area contributed by atoms with Crippen LogP contribution in [-0.2, 0) is 27.1 Å². The molecule has 17 nitrogen and oxygen atoms in total. The summed E-state index contributed by atoms with van der Waals surface area (Å²) in [6.45, 7) is 0.117. The molecule has 1 saturated heterocycles. The van der Waals surface area contributed by atoms with Gasteiger partial charge in [-0.2, -0.15) is 13.6 Å². The van der Waals surface area contributed by atoms with Crippen LogP contribution < -0.4 is 21.3 Å². The number of aliphatic hydroxyl groups is 1. The van der Waals surface area contributed by atoms with Gasteiger partial charge < -0.3 is 40.1 Å². The van der Waals surface area contributed by atoms with Gasteiger partial charge in [-0.05, 0) is 25.8 Å². The Morgan fingerprint density at radius 2 is 1.88 bits per heavy atom. The van der Waals surface area contributed by atoms with E-state index in [1.54, 1.807) is 0 Å². The third-order valence-corrected chi connectivity index (χ3v) is 7.57. The molecule has 1 fully saturated rings. The van der Waals surface area contributed by atoms with Crippen LogP contribution in [0.5, 0.6) is 5.75 Å². The highest BCUT2D eigenvalue weighted by molar-refractivity contribution is 7.66. The first-order valence-electron chi connectivity index (χ1n) is 8.92. The predicted molar refractivity (Wildman–Crippen MR) is 105 cm³/mol. The maximum atomic E-state index is 12.4. The van der Waals surface area contributed by atoms with Crippen molar-refractivity contribution in [1.82, 2.24) is 9.55 Å². The largest absolute Gasteiger partial charge is 0.536 e. The molecule has 0 bridgehead atoms. The highest BCUT2D eigenvalue weighted by Crippen LogP contribution is 2.66. The summed E-state index contributed by atoms with van der Waals surface area (Å²) < 4.78 is 52.9. The van der Waals surface area contributed by atoms with Gasteiger partial charge in [0.2, 0.25) is 0 Å². The number of phosphoric acid groups is 3. The Labute approximate surface area is 180 Å². The Kier molecular flexibility index (Phi) is 9.15. The number of nitrogens with two attached hydrogens (primary N) is 1. The average Bonchev–Trinajstić information content (AvgIpc) is 3.09. The molecule has 0 aromatic carbocycles. The lowest BCUT2D eigenvalue weighted by atomic mass is 10.2. The summed E-state index contributed by atoms with van der Waals surface area (Å²) >= 11 is 0. The molecule has 0 radical (unpaired) electrons. The van der Waals surface area contributed by atoms with E-state index in [0.29, 0.717) is 19.3 Å². The van der Waals surface area contributed by atoms with E-state index in [9.17, 15) is 33.4 Å². The highest BCUT2D eigenvalue weighted by Gasteiger charge is 2.42. The van der Waals surface area contributed by atoms with Crippen LogP contribution in [0.1, 0.15) is 25.5 Å². The number of ether oxygens (including phenoxy) is 1. The van der Waals surface area contributed by atoms with Gasteiger partial charge in [0.05, 0.1) is 18.9 Å². The molecule has 1 aliphatic rings. The minimum absolute atomic E-state index is 0.159. The van der Waals surface area contributed by atoms with Crippen LogP contribution in [0.2, 0.25) is 0 Å². The van der Waals surface area contributed by atoms with Crippen molar-refractivity contribution in [3.8, 4) is 5.75 Å². The quantitative estimate of drug-likeness (QED) is 0.133. The Balaban J connectivity index is 2.34. The normalized spacial score (nSPS) is 22.8. The zero-order valence-electron chi connectivity index (χ0n) is 16.3. The monoisotopic (exact) mass is 524 g/mol. The average molecular weight is 524 g/mol. The third kappa shape index (κ3) is 8.30. The zero-order chi connectivity index (χ0) is 24.2. The Bertz CT molecular complexity index is 997. The minimum Gasteiger partial charge on any atom is -0.398 e. The molecule has 4 atom stereocenters. The van der Waals surface area contributed by atoms with Crippen molar-refractivity contribution in [1.29, 1.82) is 0 Å². The van der Waals surface area contributed by atoms with E-state index >= 15 is 0 Å². The molecule has 1 aromatic rings. The molecule has 0 saturated carbocycles. The summed E-state index contributed by atoms with van der Waals surface area (Å²) in [5.74, 6) is -0.947. The molecular weight excluding hydrogens is 501 g/mol. The summed E-state index contributed by atoms with van der Waals surface area (Å²) in [6.07, 6.45) is 0.591. The van der Waals surface area contributed by atoms with Gasteiger partial charge in [0, 0.05) is 6.54 Å². The number of rotatable bonds is 12. The molecule has 2 unspecified atom stereocenters. The lowest BCUT2D eigenvalue weighted by Gasteiger charge is -2.20. The highest BCUT2D eigenvalue weighted by atomic mass is 31.3. The smallest absolute Gasteiger partial charge is 0.398 e. The third-order valence-electron chi connectivity index (χ3n) is 3.82. The number of hydrogen-bond donors (Lipinski definition) is 7. The first-order chi connectivity index (χ1) is 14.8. The number of anilines is 1. The van der Waals surface area contributed by atoms with Crippen molar-refractivity contribution >= 4 is 29.3 Å². The van der Waals surface area contributed by atoms with E-state index in [1.807, 2.05) is 0 Å². The number of nitrogens with zero attached hydrogens (tertiary/aromatic N) is 2. The van der Waals surface area contributed by atoms with E-state index in [-0.39, 0.29) is 25.5 Å². The van der Waals surface area contributed by atoms with E-state index in [1.165, 1.54) is 0 Å². The lowest BCUT2D eigenvalue weighted by molar-refractivity contribution is -0.0247. The van der Waals surface area contributed by atoms with Gasteiger partial charge in [-0.15, -0.1) is 0 Å². The van der Waals surface area contributed by atoms with Crippen LogP contribution in [0.4, 0.5) is 5.82 Å². The van der Waals surface area contributed by atoms with Gasteiger partial charge >= 0.3 is 29.2 Å². The Hall–Kier alpha value is -1.19. The summed E-state index contributed by atoms with van der Waals surface area (Å²) in [4.78, 5) is 52.4. The number of aliphatic hydroxyl groups excluding tert-OH is 1. The molecule has 8 N–H and O–H groups in total. The number of phosphoric ester groups is 1. The predicted octanol–water partition coefficient (Wildman–Crippen LogP) is -0.621. The van der Waals surface area contributed by atoms with Gasteiger partial charge in [-0.25, -0.2) is 18.5 Å². The summed E-state index contributed by atoms with van der Waals surface area (Å²) in [5.41, 5.74) is 4.53. The van der Waals surface area contributed by atoms with Gasteiger partial charge in [0.25, 0.3) is 0 Å². The van der Waals surface area contributed by atoms with E-state index in [2.05, 4.69) is 18.9 Å². The van der Waals surface area contributed by atoms with Gasteiger partial charge in [-0.3, -0.25) is 9.46 Å². The van der Waals surface area contributed by atoms with Crippen LogP contribution in [-0.4, -0.2) is 60.0 Å². The van der Waals surface area contributed by atoms with Crippen LogP contribution in [0.15, 0.2) is 11.0 Å². The van der Waals surface area contributed by atoms with Crippen LogP contribution >= 0.6 is 23.5 Å². The van der Waals surface area contributed by atoms with Crippen LogP contribution in [0.3, 0.4) is 0 Å². The van der Waals surface area contributed by atoms with Crippen LogP contribution in [0, 0.1) is 0 Å². The molecule has 0 aliphatic carbocycles. The fourth-order valence-electron chi connectivity index (χ4n) is 2.61. The van der Waals surface area contributed by atoms with Gasteiger partial charge in [0.1, 0.15) is 6.23 Å². The van der Waals surface area contributed by atoms with Crippen molar-refractivity contribution in [2.75, 3.05) is 25.0 Å². The standard InChI is InChI=1S/C12H23N4O13P3/c13-4-1-5-14-11-9(27-31(22,23)29-32(24,25)28-30(19,20)21)6-16(12(18)15-11)10-3-2-8(7-17)26-10/h6,8,10,17H,1-5,7,13H2,(H,22,23)(H,24,25)(H,14,15,18)(H2,19,20,21)/t8-,10+/m0/s1. The molecule has 0 amide bonds. The Morgan fingerprint density at radius 3 is 2.44 bits per heavy atom. The maximum absolute atomic E-state index is 12.4. The molecule has 2 heterocycles. The molecule has 0 spiro atoms. The van der Waals surface area contributed by atoms with E-state index in [0.717, 1.165) is 10.8 Å². The SMILES string of the molecule is NCCCNc1nc(=O)n([C@H]2CC[C@@H](CO)O2)cc1OP(=O)(O)OP(=O)(O)OP(=O)(O)O. The number of hydrogen-bond acceptors (Lipinski definition) is 12.